The Labute approximate surface area is 104 Å². The van der Waals surface area contributed by atoms with Gasteiger partial charge in [-0.05, 0) is 32.0 Å². The first-order chi connectivity index (χ1) is 8.52. The fourth-order valence-electron chi connectivity index (χ4n) is 2.28. The van der Waals surface area contributed by atoms with E-state index in [9.17, 15) is 13.2 Å². The molecule has 1 fully saturated rings. The molecule has 1 aliphatic heterocycles. The number of hydrogen-bond acceptors (Lipinski definition) is 3. The molecule has 1 aromatic rings. The predicted octanol–water partition coefficient (Wildman–Crippen LogP) is 2.29. The number of aromatic nitrogens is 1. The average Bonchev–Trinajstić information content (AvgIpc) is 2.38. The van der Waals surface area contributed by atoms with Gasteiger partial charge in [0.15, 0.2) is 0 Å². The third kappa shape index (κ3) is 2.75. The maximum Gasteiger partial charge on any atom is 0.419 e. The van der Waals surface area contributed by atoms with Gasteiger partial charge in [0.1, 0.15) is 5.82 Å². The maximum atomic E-state index is 12.9. The molecule has 2 rings (SSSR count). The standard InChI is InChI=1S/C12H16F3N3/c1-16-9-4-3-7-18(8-9)11-10(12(13,14)15)5-2-6-17-11/h2,5-6,9,16H,3-4,7-8H2,1H3. The van der Waals surface area contributed by atoms with Crippen molar-refractivity contribution in [3.63, 3.8) is 0 Å². The number of pyridine rings is 1. The molecule has 0 saturated carbocycles. The van der Waals surface area contributed by atoms with Crippen molar-refractivity contribution in [2.24, 2.45) is 0 Å². The summed E-state index contributed by atoms with van der Waals surface area (Å²) in [5.41, 5.74) is -0.651. The Balaban J connectivity index is 2.27. The third-order valence-electron chi connectivity index (χ3n) is 3.22. The minimum absolute atomic E-state index is 0.0463. The number of hydrogen-bond donors (Lipinski definition) is 1. The highest BCUT2D eigenvalue weighted by Gasteiger charge is 2.36. The van der Waals surface area contributed by atoms with Crippen LogP contribution in [-0.2, 0) is 6.18 Å². The van der Waals surface area contributed by atoms with E-state index in [2.05, 4.69) is 10.3 Å². The van der Waals surface area contributed by atoms with E-state index in [0.29, 0.717) is 13.1 Å². The molecule has 1 N–H and O–H groups in total. The lowest BCUT2D eigenvalue weighted by Gasteiger charge is -2.34. The van der Waals surface area contributed by atoms with Crippen LogP contribution in [0.4, 0.5) is 19.0 Å². The van der Waals surface area contributed by atoms with Crippen LogP contribution in [0, 0.1) is 0 Å². The zero-order valence-electron chi connectivity index (χ0n) is 10.2. The minimum atomic E-state index is -4.35. The summed E-state index contributed by atoms with van der Waals surface area (Å²) in [6, 6.07) is 2.64. The lowest BCUT2D eigenvalue weighted by Crippen LogP contribution is -2.45. The highest BCUT2D eigenvalue weighted by atomic mass is 19.4. The molecular formula is C12H16F3N3. The van der Waals surface area contributed by atoms with E-state index in [0.717, 1.165) is 18.9 Å². The topological polar surface area (TPSA) is 28.2 Å². The average molecular weight is 259 g/mol. The van der Waals surface area contributed by atoms with Crippen LogP contribution >= 0.6 is 0 Å². The molecular weight excluding hydrogens is 243 g/mol. The summed E-state index contributed by atoms with van der Waals surface area (Å²) < 4.78 is 38.7. The van der Waals surface area contributed by atoms with Crippen LogP contribution in [0.2, 0.25) is 0 Å². The first-order valence-electron chi connectivity index (χ1n) is 5.97. The highest BCUT2D eigenvalue weighted by Crippen LogP contribution is 2.35. The number of rotatable bonds is 2. The summed E-state index contributed by atoms with van der Waals surface area (Å²) in [4.78, 5) is 5.63. The Morgan fingerprint density at radius 1 is 1.44 bits per heavy atom. The monoisotopic (exact) mass is 259 g/mol. The molecule has 2 heterocycles. The lowest BCUT2D eigenvalue weighted by molar-refractivity contribution is -0.137. The van der Waals surface area contributed by atoms with E-state index < -0.39 is 11.7 Å². The molecule has 0 spiro atoms. The molecule has 1 unspecified atom stereocenters. The lowest BCUT2D eigenvalue weighted by atomic mass is 10.1. The van der Waals surface area contributed by atoms with Crippen molar-refractivity contribution in [3.05, 3.63) is 23.9 Å². The van der Waals surface area contributed by atoms with Crippen LogP contribution in [0.1, 0.15) is 18.4 Å². The van der Waals surface area contributed by atoms with Crippen LogP contribution in [0.15, 0.2) is 18.3 Å². The maximum absolute atomic E-state index is 12.9. The van der Waals surface area contributed by atoms with Crippen molar-refractivity contribution in [2.75, 3.05) is 25.0 Å². The van der Waals surface area contributed by atoms with Gasteiger partial charge in [0.25, 0.3) is 0 Å². The van der Waals surface area contributed by atoms with Crippen molar-refractivity contribution >= 4 is 5.82 Å². The molecule has 100 valence electrons. The van der Waals surface area contributed by atoms with Crippen LogP contribution in [-0.4, -0.2) is 31.2 Å². The number of nitrogens with zero attached hydrogens (tertiary/aromatic N) is 2. The van der Waals surface area contributed by atoms with Crippen molar-refractivity contribution in [1.82, 2.24) is 10.3 Å². The Hall–Kier alpha value is -1.30. The van der Waals surface area contributed by atoms with Gasteiger partial charge in [0.2, 0.25) is 0 Å². The highest BCUT2D eigenvalue weighted by molar-refractivity contribution is 5.48. The summed E-state index contributed by atoms with van der Waals surface area (Å²) in [6.45, 7) is 1.19. The third-order valence-corrected chi connectivity index (χ3v) is 3.22. The van der Waals surface area contributed by atoms with Crippen LogP contribution in [0.3, 0.4) is 0 Å². The summed E-state index contributed by atoms with van der Waals surface area (Å²) in [7, 11) is 1.83. The van der Waals surface area contributed by atoms with E-state index in [1.165, 1.54) is 12.3 Å². The second kappa shape index (κ2) is 5.14. The van der Waals surface area contributed by atoms with E-state index in [4.69, 9.17) is 0 Å². The zero-order chi connectivity index (χ0) is 13.2. The molecule has 1 aromatic heterocycles. The van der Waals surface area contributed by atoms with Crippen molar-refractivity contribution in [2.45, 2.75) is 25.1 Å². The fraction of sp³-hybridized carbons (Fsp3) is 0.583. The quantitative estimate of drug-likeness (QED) is 0.883. The van der Waals surface area contributed by atoms with E-state index >= 15 is 0 Å². The summed E-state index contributed by atoms with van der Waals surface area (Å²) in [5, 5.41) is 3.11. The Morgan fingerprint density at radius 2 is 2.22 bits per heavy atom. The first kappa shape index (κ1) is 13.1. The molecule has 0 amide bonds. The number of likely N-dealkylation sites (N-methyl/N-ethyl adjacent to an activating group) is 1. The van der Waals surface area contributed by atoms with Gasteiger partial charge in [-0.2, -0.15) is 13.2 Å². The molecule has 6 heteroatoms. The van der Waals surface area contributed by atoms with Crippen molar-refractivity contribution in [1.29, 1.82) is 0 Å². The summed E-state index contributed by atoms with van der Waals surface area (Å²) >= 11 is 0. The van der Waals surface area contributed by atoms with E-state index in [1.54, 1.807) is 4.90 Å². The molecule has 1 saturated heterocycles. The van der Waals surface area contributed by atoms with Crippen LogP contribution < -0.4 is 10.2 Å². The number of piperidine rings is 1. The Kier molecular flexibility index (Phi) is 3.75. The number of nitrogens with one attached hydrogen (secondary N) is 1. The SMILES string of the molecule is CNC1CCCN(c2ncccc2C(F)(F)F)C1. The minimum Gasteiger partial charge on any atom is -0.355 e. The van der Waals surface area contributed by atoms with Crippen LogP contribution in [0.25, 0.3) is 0 Å². The second-order valence-electron chi connectivity index (χ2n) is 4.45. The number of alkyl halides is 3. The first-order valence-corrected chi connectivity index (χ1v) is 5.97. The van der Waals surface area contributed by atoms with Gasteiger partial charge in [-0.3, -0.25) is 0 Å². The molecule has 1 atom stereocenters. The van der Waals surface area contributed by atoms with E-state index in [1.807, 2.05) is 7.05 Å². The van der Waals surface area contributed by atoms with Gasteiger partial charge in [-0.15, -0.1) is 0 Å². The smallest absolute Gasteiger partial charge is 0.355 e. The van der Waals surface area contributed by atoms with E-state index in [-0.39, 0.29) is 11.9 Å². The van der Waals surface area contributed by atoms with Crippen molar-refractivity contribution < 1.29 is 13.2 Å². The largest absolute Gasteiger partial charge is 0.419 e. The van der Waals surface area contributed by atoms with Crippen molar-refractivity contribution in [3.8, 4) is 0 Å². The molecule has 18 heavy (non-hydrogen) atoms. The van der Waals surface area contributed by atoms with Gasteiger partial charge < -0.3 is 10.2 Å². The second-order valence-corrected chi connectivity index (χ2v) is 4.45. The summed E-state index contributed by atoms with van der Waals surface area (Å²) in [5.74, 6) is 0.0463. The molecule has 3 nitrogen and oxygen atoms in total. The Morgan fingerprint density at radius 3 is 2.89 bits per heavy atom. The zero-order valence-corrected chi connectivity index (χ0v) is 10.2. The van der Waals surface area contributed by atoms with Gasteiger partial charge >= 0.3 is 6.18 Å². The van der Waals surface area contributed by atoms with Gasteiger partial charge in [0, 0.05) is 25.3 Å². The normalized spacial score (nSPS) is 21.1. The fourth-order valence-corrected chi connectivity index (χ4v) is 2.28. The number of anilines is 1. The van der Waals surface area contributed by atoms with Gasteiger partial charge in [-0.25, -0.2) is 4.98 Å². The molecule has 0 aromatic carbocycles. The van der Waals surface area contributed by atoms with Gasteiger partial charge in [0.05, 0.1) is 5.56 Å². The molecule has 0 aliphatic carbocycles. The summed E-state index contributed by atoms with van der Waals surface area (Å²) in [6.07, 6.45) is -1.08. The molecule has 0 radical (unpaired) electrons. The Bertz CT molecular complexity index is 406. The molecule has 0 bridgehead atoms. The molecule has 1 aliphatic rings. The number of halogens is 3. The predicted molar refractivity (Wildman–Crippen MR) is 63.5 cm³/mol. The van der Waals surface area contributed by atoms with Crippen LogP contribution in [0.5, 0.6) is 0 Å². The van der Waals surface area contributed by atoms with Gasteiger partial charge in [-0.1, -0.05) is 0 Å².